The van der Waals surface area contributed by atoms with Crippen LogP contribution in [-0.4, -0.2) is 17.7 Å². The molecule has 166 valence electrons. The molecule has 7 heteroatoms. The van der Waals surface area contributed by atoms with Gasteiger partial charge in [0.2, 0.25) is 5.91 Å². The third-order valence-electron chi connectivity index (χ3n) is 5.28. The van der Waals surface area contributed by atoms with Crippen molar-refractivity contribution >= 4 is 40.4 Å². The third-order valence-corrected chi connectivity index (χ3v) is 5.28. The van der Waals surface area contributed by atoms with E-state index in [0.717, 1.165) is 16.0 Å². The molecular formula is C26H22FN3O3. The minimum atomic E-state index is -0.529. The summed E-state index contributed by atoms with van der Waals surface area (Å²) in [4.78, 5) is 39.5. The van der Waals surface area contributed by atoms with Crippen LogP contribution in [0.1, 0.15) is 23.6 Å². The maximum Gasteiger partial charge on any atom is 0.282 e. The lowest BCUT2D eigenvalue weighted by Gasteiger charge is -2.18. The fourth-order valence-corrected chi connectivity index (χ4v) is 3.73. The molecule has 6 nitrogen and oxygen atoms in total. The number of halogens is 1. The van der Waals surface area contributed by atoms with Gasteiger partial charge in [0.1, 0.15) is 11.5 Å². The van der Waals surface area contributed by atoms with Gasteiger partial charge in [0, 0.05) is 18.3 Å². The number of nitrogens with one attached hydrogen (secondary N) is 2. The van der Waals surface area contributed by atoms with Crippen molar-refractivity contribution in [2.75, 3.05) is 15.5 Å². The standard InChI is InChI=1S/C26H22FN3O3/c1-15-7-8-16(2)22(13-15)30-25(32)23(18-9-11-20(12-10-18)28-17(3)31)24(26(30)33)29-21-6-4-5-19(27)14-21/h4-14,29H,1-3H3,(H,28,31). The molecule has 0 bridgehead atoms. The molecule has 3 aromatic carbocycles. The largest absolute Gasteiger partial charge is 0.350 e. The number of carbonyl (C=O) groups is 3. The molecule has 2 N–H and O–H groups in total. The lowest BCUT2D eigenvalue weighted by molar-refractivity contribution is -0.120. The zero-order valence-corrected chi connectivity index (χ0v) is 18.4. The van der Waals surface area contributed by atoms with Gasteiger partial charge in [-0.2, -0.15) is 0 Å². The fraction of sp³-hybridized carbons (Fsp3) is 0.115. The Labute approximate surface area is 190 Å². The third kappa shape index (κ3) is 4.39. The molecule has 0 aliphatic carbocycles. The van der Waals surface area contributed by atoms with Crippen molar-refractivity contribution in [2.24, 2.45) is 0 Å². The molecular weight excluding hydrogens is 421 g/mol. The van der Waals surface area contributed by atoms with Gasteiger partial charge in [-0.05, 0) is 66.9 Å². The van der Waals surface area contributed by atoms with E-state index in [4.69, 9.17) is 0 Å². The van der Waals surface area contributed by atoms with Gasteiger partial charge in [-0.25, -0.2) is 9.29 Å². The summed E-state index contributed by atoms with van der Waals surface area (Å²) in [6, 6.07) is 17.9. The Morgan fingerprint density at radius 3 is 2.27 bits per heavy atom. The van der Waals surface area contributed by atoms with E-state index in [2.05, 4.69) is 10.6 Å². The summed E-state index contributed by atoms with van der Waals surface area (Å²) in [6.45, 7) is 5.11. The first-order valence-electron chi connectivity index (χ1n) is 10.4. The molecule has 1 aliphatic rings. The Hall–Kier alpha value is -4.26. The molecule has 3 amide bonds. The van der Waals surface area contributed by atoms with Crippen LogP contribution in [0.2, 0.25) is 0 Å². The van der Waals surface area contributed by atoms with Gasteiger partial charge in [0.15, 0.2) is 0 Å². The number of amides is 3. The van der Waals surface area contributed by atoms with Crippen LogP contribution in [0.3, 0.4) is 0 Å². The zero-order valence-electron chi connectivity index (χ0n) is 18.4. The average Bonchev–Trinajstić information content (AvgIpc) is 3.00. The normalized spacial score (nSPS) is 13.5. The van der Waals surface area contributed by atoms with E-state index in [0.29, 0.717) is 22.6 Å². The van der Waals surface area contributed by atoms with E-state index in [1.54, 1.807) is 36.4 Å². The first-order chi connectivity index (χ1) is 15.7. The summed E-state index contributed by atoms with van der Waals surface area (Å²) in [5, 5.41) is 5.62. The number of anilines is 3. The van der Waals surface area contributed by atoms with E-state index in [1.165, 1.54) is 25.1 Å². The van der Waals surface area contributed by atoms with Gasteiger partial charge in [-0.3, -0.25) is 14.4 Å². The average molecular weight is 443 g/mol. The van der Waals surface area contributed by atoms with E-state index >= 15 is 0 Å². The number of aryl methyl sites for hydroxylation is 2. The first kappa shape index (κ1) is 22.0. The number of nitrogens with zero attached hydrogens (tertiary/aromatic N) is 1. The highest BCUT2D eigenvalue weighted by atomic mass is 19.1. The van der Waals surface area contributed by atoms with Crippen LogP contribution in [0.25, 0.3) is 5.57 Å². The van der Waals surface area contributed by atoms with Crippen molar-refractivity contribution in [1.29, 1.82) is 0 Å². The van der Waals surface area contributed by atoms with Crippen LogP contribution in [0.4, 0.5) is 21.5 Å². The van der Waals surface area contributed by atoms with E-state index in [9.17, 15) is 18.8 Å². The number of imide groups is 1. The maximum absolute atomic E-state index is 13.8. The quantitative estimate of drug-likeness (QED) is 0.556. The lowest BCUT2D eigenvalue weighted by Crippen LogP contribution is -2.33. The van der Waals surface area contributed by atoms with Crippen LogP contribution in [-0.2, 0) is 14.4 Å². The van der Waals surface area contributed by atoms with Crippen LogP contribution >= 0.6 is 0 Å². The number of benzene rings is 3. The Kier molecular flexibility index (Phi) is 5.79. The topological polar surface area (TPSA) is 78.5 Å². The second-order valence-electron chi connectivity index (χ2n) is 7.88. The van der Waals surface area contributed by atoms with Crippen molar-refractivity contribution in [2.45, 2.75) is 20.8 Å². The summed E-state index contributed by atoms with van der Waals surface area (Å²) >= 11 is 0. The highest BCUT2D eigenvalue weighted by molar-refractivity contribution is 6.46. The molecule has 3 aromatic rings. The maximum atomic E-state index is 13.8. The van der Waals surface area contributed by atoms with Gasteiger partial charge < -0.3 is 10.6 Å². The van der Waals surface area contributed by atoms with E-state index < -0.39 is 17.6 Å². The summed E-state index contributed by atoms with van der Waals surface area (Å²) in [5.41, 5.74) is 3.80. The van der Waals surface area contributed by atoms with Gasteiger partial charge >= 0.3 is 0 Å². The summed E-state index contributed by atoms with van der Waals surface area (Å²) < 4.78 is 13.8. The van der Waals surface area contributed by atoms with Crippen LogP contribution in [0.5, 0.6) is 0 Å². The van der Waals surface area contributed by atoms with E-state index in [-0.39, 0.29) is 17.2 Å². The molecule has 1 heterocycles. The van der Waals surface area contributed by atoms with Crippen molar-refractivity contribution in [3.05, 3.63) is 94.9 Å². The van der Waals surface area contributed by atoms with Crippen molar-refractivity contribution in [3.8, 4) is 0 Å². The molecule has 0 atom stereocenters. The molecule has 33 heavy (non-hydrogen) atoms. The number of rotatable bonds is 5. The van der Waals surface area contributed by atoms with Gasteiger partial charge in [-0.1, -0.05) is 30.3 Å². The molecule has 0 unspecified atom stereocenters. The Bertz CT molecular complexity index is 1310. The van der Waals surface area contributed by atoms with Gasteiger partial charge in [0.05, 0.1) is 11.3 Å². The smallest absolute Gasteiger partial charge is 0.282 e. The molecule has 1 aliphatic heterocycles. The number of hydrogen-bond donors (Lipinski definition) is 2. The second kappa shape index (κ2) is 8.70. The van der Waals surface area contributed by atoms with E-state index in [1.807, 2.05) is 26.0 Å². The Balaban J connectivity index is 1.82. The van der Waals surface area contributed by atoms with Crippen molar-refractivity contribution in [1.82, 2.24) is 0 Å². The highest BCUT2D eigenvalue weighted by Gasteiger charge is 2.40. The SMILES string of the molecule is CC(=O)Nc1ccc(C2=C(Nc3cccc(F)c3)C(=O)N(c3cc(C)ccc3C)C2=O)cc1. The van der Waals surface area contributed by atoms with Crippen molar-refractivity contribution < 1.29 is 18.8 Å². The number of carbonyl (C=O) groups excluding carboxylic acids is 3. The van der Waals surface area contributed by atoms with Crippen LogP contribution in [0, 0.1) is 19.7 Å². The summed E-state index contributed by atoms with van der Waals surface area (Å²) in [6.07, 6.45) is 0. The van der Waals surface area contributed by atoms with Crippen LogP contribution in [0.15, 0.2) is 72.4 Å². The minimum Gasteiger partial charge on any atom is -0.350 e. The molecule has 0 aromatic heterocycles. The number of hydrogen-bond acceptors (Lipinski definition) is 4. The Morgan fingerprint density at radius 1 is 0.879 bits per heavy atom. The zero-order chi connectivity index (χ0) is 23.7. The molecule has 0 spiro atoms. The van der Waals surface area contributed by atoms with Crippen molar-refractivity contribution in [3.63, 3.8) is 0 Å². The lowest BCUT2D eigenvalue weighted by atomic mass is 10.0. The Morgan fingerprint density at radius 2 is 1.61 bits per heavy atom. The molecule has 0 saturated heterocycles. The molecule has 0 fully saturated rings. The second-order valence-corrected chi connectivity index (χ2v) is 7.88. The highest BCUT2D eigenvalue weighted by Crippen LogP contribution is 2.35. The fourth-order valence-electron chi connectivity index (χ4n) is 3.73. The molecule has 4 rings (SSSR count). The van der Waals surface area contributed by atoms with Crippen LogP contribution < -0.4 is 15.5 Å². The predicted octanol–water partition coefficient (Wildman–Crippen LogP) is 4.80. The summed E-state index contributed by atoms with van der Waals surface area (Å²) in [7, 11) is 0. The first-order valence-corrected chi connectivity index (χ1v) is 10.4. The van der Waals surface area contributed by atoms with Gasteiger partial charge in [0.25, 0.3) is 11.8 Å². The summed E-state index contributed by atoms with van der Waals surface area (Å²) in [5.74, 6) is -1.70. The monoisotopic (exact) mass is 443 g/mol. The molecule has 0 saturated carbocycles. The minimum absolute atomic E-state index is 0.0544. The predicted molar refractivity (Wildman–Crippen MR) is 126 cm³/mol. The van der Waals surface area contributed by atoms with Gasteiger partial charge in [-0.15, -0.1) is 0 Å². The molecule has 0 radical (unpaired) electrons.